The molecule has 0 unspecified atom stereocenters. The zero-order valence-electron chi connectivity index (χ0n) is 10.1. The predicted molar refractivity (Wildman–Crippen MR) is 72.4 cm³/mol. The van der Waals surface area contributed by atoms with Crippen molar-refractivity contribution < 1.29 is 0 Å². The zero-order chi connectivity index (χ0) is 12.5. The number of benzene rings is 1. The molecule has 0 saturated heterocycles. The Morgan fingerprint density at radius 2 is 2.11 bits per heavy atom. The first-order chi connectivity index (χ1) is 8.78. The van der Waals surface area contributed by atoms with Gasteiger partial charge in [0.15, 0.2) is 0 Å². The number of thioether (sulfide) groups is 1. The molecule has 0 N–H and O–H groups in total. The Morgan fingerprint density at radius 3 is 2.83 bits per heavy atom. The van der Waals surface area contributed by atoms with Crippen molar-refractivity contribution in [1.82, 2.24) is 9.97 Å². The molecule has 90 valence electrons. The maximum atomic E-state index is 8.94. The van der Waals surface area contributed by atoms with Crippen molar-refractivity contribution in [1.29, 1.82) is 5.26 Å². The zero-order valence-corrected chi connectivity index (χ0v) is 10.9. The van der Waals surface area contributed by atoms with Crippen molar-refractivity contribution in [2.24, 2.45) is 0 Å². The van der Waals surface area contributed by atoms with Gasteiger partial charge in [-0.3, -0.25) is 0 Å². The molecule has 0 spiro atoms. The van der Waals surface area contributed by atoms with Gasteiger partial charge in [0, 0.05) is 11.3 Å². The summed E-state index contributed by atoms with van der Waals surface area (Å²) >= 11 is 1.52. The van der Waals surface area contributed by atoms with E-state index < -0.39 is 0 Å². The van der Waals surface area contributed by atoms with E-state index in [1.165, 1.54) is 24.6 Å². The van der Waals surface area contributed by atoms with E-state index in [0.29, 0.717) is 5.92 Å². The summed E-state index contributed by atoms with van der Waals surface area (Å²) in [7, 11) is 0. The maximum Gasteiger partial charge on any atom is 0.133 e. The predicted octanol–water partition coefficient (Wildman–Crippen LogP) is 3.51. The minimum Gasteiger partial charge on any atom is -0.233 e. The van der Waals surface area contributed by atoms with Crippen LogP contribution in [-0.2, 0) is 0 Å². The van der Waals surface area contributed by atoms with Gasteiger partial charge in [-0.05, 0) is 25.8 Å². The number of hydrogen-bond donors (Lipinski definition) is 0. The van der Waals surface area contributed by atoms with Gasteiger partial charge < -0.3 is 0 Å². The molecule has 0 radical (unpaired) electrons. The highest BCUT2D eigenvalue weighted by atomic mass is 32.2. The van der Waals surface area contributed by atoms with E-state index in [2.05, 4.69) is 16.0 Å². The molecule has 1 aliphatic carbocycles. The molecule has 1 aromatic carbocycles. The standard InChI is InChI=1S/C14H13N3S/c1-9(8-15)18-14-11-4-2-3-5-12(11)16-13(17-14)10-6-7-10/h2-5,9-10H,6-7H2,1H3/t9-/m1/s1. The molecule has 1 fully saturated rings. The third-order valence-electron chi connectivity index (χ3n) is 3.00. The fourth-order valence-corrected chi connectivity index (χ4v) is 2.71. The van der Waals surface area contributed by atoms with Crippen LogP contribution in [0.25, 0.3) is 10.9 Å². The molecule has 0 aliphatic heterocycles. The summed E-state index contributed by atoms with van der Waals surface area (Å²) in [5, 5.41) is 10.8. The molecule has 1 aliphatic rings. The van der Waals surface area contributed by atoms with Crippen LogP contribution in [0.15, 0.2) is 29.3 Å². The highest BCUT2D eigenvalue weighted by Gasteiger charge is 2.27. The smallest absolute Gasteiger partial charge is 0.133 e. The lowest BCUT2D eigenvalue weighted by Crippen LogP contribution is -1.99. The number of para-hydroxylation sites is 1. The van der Waals surface area contributed by atoms with Crippen LogP contribution in [0.5, 0.6) is 0 Å². The number of rotatable bonds is 3. The topological polar surface area (TPSA) is 49.6 Å². The molecular weight excluding hydrogens is 242 g/mol. The summed E-state index contributed by atoms with van der Waals surface area (Å²) in [6.45, 7) is 1.90. The van der Waals surface area contributed by atoms with Gasteiger partial charge in [0.2, 0.25) is 0 Å². The van der Waals surface area contributed by atoms with Crippen LogP contribution in [-0.4, -0.2) is 15.2 Å². The molecule has 1 atom stereocenters. The summed E-state index contributed by atoms with van der Waals surface area (Å²) < 4.78 is 0. The molecule has 18 heavy (non-hydrogen) atoms. The lowest BCUT2D eigenvalue weighted by atomic mass is 10.2. The molecule has 1 heterocycles. The van der Waals surface area contributed by atoms with Crippen LogP contribution in [0.1, 0.15) is 31.5 Å². The van der Waals surface area contributed by atoms with Crippen LogP contribution in [0.2, 0.25) is 0 Å². The molecule has 4 heteroatoms. The van der Waals surface area contributed by atoms with Gasteiger partial charge in [0.05, 0.1) is 16.8 Å². The molecule has 3 nitrogen and oxygen atoms in total. The Kier molecular flexibility index (Phi) is 2.92. The van der Waals surface area contributed by atoms with E-state index in [4.69, 9.17) is 5.26 Å². The van der Waals surface area contributed by atoms with E-state index in [1.807, 2.05) is 31.2 Å². The number of fused-ring (bicyclic) bond motifs is 1. The van der Waals surface area contributed by atoms with Gasteiger partial charge in [0.25, 0.3) is 0 Å². The Bertz CT molecular complexity index is 628. The Balaban J connectivity index is 2.11. The molecule has 2 aromatic rings. The average Bonchev–Trinajstić information content (AvgIpc) is 3.22. The third kappa shape index (κ3) is 2.19. The van der Waals surface area contributed by atoms with Crippen molar-refractivity contribution in [3.8, 4) is 6.07 Å². The fraction of sp³-hybridized carbons (Fsp3) is 0.357. The van der Waals surface area contributed by atoms with Crippen molar-refractivity contribution >= 4 is 22.7 Å². The number of hydrogen-bond acceptors (Lipinski definition) is 4. The molecule has 0 amide bonds. The first-order valence-corrected chi connectivity index (χ1v) is 6.99. The van der Waals surface area contributed by atoms with Gasteiger partial charge in [-0.2, -0.15) is 5.26 Å². The van der Waals surface area contributed by atoms with Crippen LogP contribution in [0.3, 0.4) is 0 Å². The maximum absolute atomic E-state index is 8.94. The normalized spacial score (nSPS) is 16.4. The minimum absolute atomic E-state index is 0.0876. The SMILES string of the molecule is C[C@H](C#N)Sc1nc(C2CC2)nc2ccccc12. The highest BCUT2D eigenvalue weighted by molar-refractivity contribution is 8.00. The van der Waals surface area contributed by atoms with E-state index >= 15 is 0 Å². The van der Waals surface area contributed by atoms with Crippen LogP contribution in [0.4, 0.5) is 0 Å². The van der Waals surface area contributed by atoms with Gasteiger partial charge in [-0.1, -0.05) is 30.0 Å². The van der Waals surface area contributed by atoms with E-state index in [0.717, 1.165) is 21.8 Å². The van der Waals surface area contributed by atoms with Crippen molar-refractivity contribution in [3.63, 3.8) is 0 Å². The van der Waals surface area contributed by atoms with Crippen LogP contribution < -0.4 is 0 Å². The van der Waals surface area contributed by atoms with Crippen molar-refractivity contribution in [2.45, 2.75) is 36.0 Å². The van der Waals surface area contributed by atoms with Gasteiger partial charge in [-0.15, -0.1) is 0 Å². The monoisotopic (exact) mass is 255 g/mol. The lowest BCUT2D eigenvalue weighted by Gasteiger charge is -2.08. The first kappa shape index (κ1) is 11.5. The second-order valence-electron chi connectivity index (χ2n) is 4.57. The lowest BCUT2D eigenvalue weighted by molar-refractivity contribution is 0.904. The molecular formula is C14H13N3S. The first-order valence-electron chi connectivity index (χ1n) is 6.11. The summed E-state index contributed by atoms with van der Waals surface area (Å²) in [4.78, 5) is 9.28. The van der Waals surface area contributed by atoms with E-state index in [1.54, 1.807) is 0 Å². The summed E-state index contributed by atoms with van der Waals surface area (Å²) in [5.41, 5.74) is 0.988. The summed E-state index contributed by atoms with van der Waals surface area (Å²) in [6.07, 6.45) is 2.38. The average molecular weight is 255 g/mol. The van der Waals surface area contributed by atoms with Gasteiger partial charge >= 0.3 is 0 Å². The second kappa shape index (κ2) is 4.58. The largest absolute Gasteiger partial charge is 0.233 e. The Morgan fingerprint density at radius 1 is 1.33 bits per heavy atom. The van der Waals surface area contributed by atoms with E-state index in [-0.39, 0.29) is 5.25 Å². The quantitative estimate of drug-likeness (QED) is 0.622. The van der Waals surface area contributed by atoms with Gasteiger partial charge in [0.1, 0.15) is 10.9 Å². The number of nitriles is 1. The number of nitrogens with zero attached hydrogens (tertiary/aromatic N) is 3. The molecule has 0 bridgehead atoms. The van der Waals surface area contributed by atoms with E-state index in [9.17, 15) is 0 Å². The Labute approximate surface area is 110 Å². The second-order valence-corrected chi connectivity index (χ2v) is 5.90. The molecule has 3 rings (SSSR count). The van der Waals surface area contributed by atoms with Gasteiger partial charge in [-0.25, -0.2) is 9.97 Å². The highest BCUT2D eigenvalue weighted by Crippen LogP contribution is 2.40. The Hall–Kier alpha value is -1.60. The van der Waals surface area contributed by atoms with Crippen LogP contribution >= 0.6 is 11.8 Å². The number of aromatic nitrogens is 2. The summed E-state index contributed by atoms with van der Waals surface area (Å²) in [6, 6.07) is 10.3. The minimum atomic E-state index is -0.0876. The van der Waals surface area contributed by atoms with Crippen molar-refractivity contribution in [2.75, 3.05) is 0 Å². The molecule has 1 aromatic heterocycles. The van der Waals surface area contributed by atoms with Crippen molar-refractivity contribution in [3.05, 3.63) is 30.1 Å². The summed E-state index contributed by atoms with van der Waals surface area (Å²) in [5.74, 6) is 1.48. The third-order valence-corrected chi connectivity index (χ3v) is 3.99. The molecule has 1 saturated carbocycles. The fourth-order valence-electron chi connectivity index (χ4n) is 1.87. The van der Waals surface area contributed by atoms with Crippen LogP contribution in [0, 0.1) is 11.3 Å².